The molecule has 1 radical (unpaired) electrons. The molecule has 0 aliphatic carbocycles. The Morgan fingerprint density at radius 3 is 2.75 bits per heavy atom. The van der Waals surface area contributed by atoms with Crippen LogP contribution in [0.25, 0.3) is 0 Å². The molecule has 0 aliphatic heterocycles. The lowest BCUT2D eigenvalue weighted by molar-refractivity contribution is 0.983. The molecular formula is C12H15. The Hall–Kier alpha value is -1.04. The Morgan fingerprint density at radius 2 is 2.08 bits per heavy atom. The third kappa shape index (κ3) is 1.97. The first-order valence-corrected chi connectivity index (χ1v) is 4.34. The normalized spacial score (nSPS) is 9.83. The lowest BCUT2D eigenvalue weighted by Crippen LogP contribution is -1.90. The highest BCUT2D eigenvalue weighted by Crippen LogP contribution is 2.14. The summed E-state index contributed by atoms with van der Waals surface area (Å²) in [7, 11) is 0. The van der Waals surface area contributed by atoms with Gasteiger partial charge in [0, 0.05) is 0 Å². The van der Waals surface area contributed by atoms with Crippen molar-refractivity contribution in [3.8, 4) is 0 Å². The molecule has 0 fully saturated rings. The van der Waals surface area contributed by atoms with Crippen LogP contribution in [-0.2, 0) is 6.42 Å². The van der Waals surface area contributed by atoms with Crippen LogP contribution in [0.5, 0.6) is 0 Å². The van der Waals surface area contributed by atoms with Crippen molar-refractivity contribution in [1.29, 1.82) is 0 Å². The van der Waals surface area contributed by atoms with Gasteiger partial charge in [-0.15, -0.1) is 0 Å². The van der Waals surface area contributed by atoms with Crippen molar-refractivity contribution >= 4 is 0 Å². The summed E-state index contributed by atoms with van der Waals surface area (Å²) >= 11 is 0. The van der Waals surface area contributed by atoms with Crippen LogP contribution in [-0.4, -0.2) is 0 Å². The Bertz CT molecular complexity index is 271. The zero-order valence-electron chi connectivity index (χ0n) is 7.80. The molecule has 0 saturated carbocycles. The van der Waals surface area contributed by atoms with Gasteiger partial charge in [0.2, 0.25) is 0 Å². The van der Waals surface area contributed by atoms with E-state index in [0.717, 1.165) is 12.8 Å². The highest BCUT2D eigenvalue weighted by atomic mass is 14.0. The monoisotopic (exact) mass is 159 g/mol. The first-order valence-electron chi connectivity index (χ1n) is 4.34. The van der Waals surface area contributed by atoms with E-state index in [1.165, 1.54) is 16.7 Å². The van der Waals surface area contributed by atoms with Crippen molar-refractivity contribution in [3.63, 3.8) is 0 Å². The molecule has 63 valence electrons. The lowest BCUT2D eigenvalue weighted by Gasteiger charge is -2.06. The van der Waals surface area contributed by atoms with E-state index in [9.17, 15) is 0 Å². The van der Waals surface area contributed by atoms with Crippen molar-refractivity contribution in [1.82, 2.24) is 0 Å². The second-order valence-corrected chi connectivity index (χ2v) is 3.13. The van der Waals surface area contributed by atoms with Gasteiger partial charge in [-0.3, -0.25) is 0 Å². The predicted molar refractivity (Wildman–Crippen MR) is 53.1 cm³/mol. The fourth-order valence-electron chi connectivity index (χ4n) is 1.32. The Labute approximate surface area is 74.9 Å². The maximum absolute atomic E-state index is 5.34. The molecule has 1 rings (SSSR count). The van der Waals surface area contributed by atoms with E-state index in [-0.39, 0.29) is 0 Å². The molecular weight excluding hydrogens is 144 g/mol. The zero-order valence-corrected chi connectivity index (χ0v) is 7.80. The molecule has 0 amide bonds. The Kier molecular flexibility index (Phi) is 3.09. The Morgan fingerprint density at radius 1 is 1.33 bits per heavy atom. The lowest BCUT2D eigenvalue weighted by atomic mass is 10.00. The summed E-state index contributed by atoms with van der Waals surface area (Å²) in [6, 6.07) is 6.42. The standard InChI is InChI=1S/C12H15/c1-4-5-8-12-9-6-7-10(2)11(12)3/h1,4,6-7,9H,5,8H2,2-3H3. The summed E-state index contributed by atoms with van der Waals surface area (Å²) in [5, 5.41) is 0. The fourth-order valence-corrected chi connectivity index (χ4v) is 1.32. The first kappa shape index (κ1) is 9.05. The van der Waals surface area contributed by atoms with E-state index in [0.29, 0.717) is 0 Å². The van der Waals surface area contributed by atoms with Gasteiger partial charge in [0.05, 0.1) is 0 Å². The minimum atomic E-state index is 0.963. The van der Waals surface area contributed by atoms with Crippen molar-refractivity contribution in [3.05, 3.63) is 47.5 Å². The zero-order chi connectivity index (χ0) is 8.97. The van der Waals surface area contributed by atoms with E-state index >= 15 is 0 Å². The summed E-state index contributed by atoms with van der Waals surface area (Å²) < 4.78 is 0. The summed E-state index contributed by atoms with van der Waals surface area (Å²) in [5.41, 5.74) is 4.18. The second kappa shape index (κ2) is 4.10. The highest BCUT2D eigenvalue weighted by molar-refractivity contribution is 5.33. The molecule has 0 nitrogen and oxygen atoms in total. The van der Waals surface area contributed by atoms with Crippen LogP contribution in [0.2, 0.25) is 0 Å². The minimum Gasteiger partial charge on any atom is -0.0842 e. The van der Waals surface area contributed by atoms with Gasteiger partial charge in [0.25, 0.3) is 0 Å². The minimum absolute atomic E-state index is 0.963. The van der Waals surface area contributed by atoms with Crippen molar-refractivity contribution in [2.24, 2.45) is 0 Å². The van der Waals surface area contributed by atoms with Crippen LogP contribution < -0.4 is 0 Å². The number of allylic oxidation sites excluding steroid dienone is 1. The van der Waals surface area contributed by atoms with Gasteiger partial charge in [-0.25, -0.2) is 0 Å². The van der Waals surface area contributed by atoms with Crippen molar-refractivity contribution in [2.45, 2.75) is 26.7 Å². The van der Waals surface area contributed by atoms with E-state index in [1.54, 1.807) is 6.08 Å². The average molecular weight is 159 g/mol. The SMILES string of the molecule is [CH]=CCCc1cccc(C)c1C. The molecule has 0 atom stereocenters. The molecule has 0 bridgehead atoms. The number of rotatable bonds is 3. The summed E-state index contributed by atoms with van der Waals surface area (Å²) in [4.78, 5) is 0. The van der Waals surface area contributed by atoms with Gasteiger partial charge in [-0.1, -0.05) is 30.9 Å². The molecule has 0 N–H and O–H groups in total. The van der Waals surface area contributed by atoms with Crippen LogP contribution in [0.4, 0.5) is 0 Å². The molecule has 0 spiro atoms. The largest absolute Gasteiger partial charge is 0.0842 e. The third-order valence-electron chi connectivity index (χ3n) is 2.30. The molecule has 0 heteroatoms. The first-order chi connectivity index (χ1) is 5.75. The maximum atomic E-state index is 5.34. The van der Waals surface area contributed by atoms with Crippen LogP contribution >= 0.6 is 0 Å². The second-order valence-electron chi connectivity index (χ2n) is 3.13. The number of hydrogen-bond acceptors (Lipinski definition) is 0. The topological polar surface area (TPSA) is 0 Å². The van der Waals surface area contributed by atoms with E-state index < -0.39 is 0 Å². The van der Waals surface area contributed by atoms with Crippen LogP contribution in [0.3, 0.4) is 0 Å². The molecule has 0 saturated heterocycles. The molecule has 1 aromatic carbocycles. The predicted octanol–water partition coefficient (Wildman–Crippen LogP) is 3.23. The van der Waals surface area contributed by atoms with Crippen LogP contribution in [0.15, 0.2) is 24.3 Å². The quantitative estimate of drug-likeness (QED) is 0.635. The van der Waals surface area contributed by atoms with Gasteiger partial charge in [-0.2, -0.15) is 0 Å². The maximum Gasteiger partial charge on any atom is -0.0241 e. The van der Waals surface area contributed by atoms with Gasteiger partial charge >= 0.3 is 0 Å². The molecule has 12 heavy (non-hydrogen) atoms. The van der Waals surface area contributed by atoms with Gasteiger partial charge in [0.15, 0.2) is 0 Å². The van der Waals surface area contributed by atoms with E-state index in [1.807, 2.05) is 0 Å². The fraction of sp³-hybridized carbons (Fsp3) is 0.333. The number of hydrogen-bond donors (Lipinski definition) is 0. The summed E-state index contributed by atoms with van der Waals surface area (Å²) in [5.74, 6) is 0. The van der Waals surface area contributed by atoms with Crippen LogP contribution in [0.1, 0.15) is 23.1 Å². The van der Waals surface area contributed by atoms with Crippen molar-refractivity contribution in [2.75, 3.05) is 0 Å². The number of benzene rings is 1. The average Bonchev–Trinajstić information content (AvgIpc) is 2.08. The van der Waals surface area contributed by atoms with Crippen molar-refractivity contribution < 1.29 is 0 Å². The Balaban J connectivity index is 2.84. The smallest absolute Gasteiger partial charge is 0.0241 e. The molecule has 1 aromatic rings. The molecule has 0 aromatic heterocycles. The molecule has 0 heterocycles. The summed E-state index contributed by atoms with van der Waals surface area (Å²) in [6.07, 6.45) is 3.75. The molecule has 0 unspecified atom stereocenters. The summed E-state index contributed by atoms with van der Waals surface area (Å²) in [6.45, 7) is 9.65. The van der Waals surface area contributed by atoms with Gasteiger partial charge in [-0.05, 0) is 43.4 Å². The van der Waals surface area contributed by atoms with Gasteiger partial charge < -0.3 is 0 Å². The third-order valence-corrected chi connectivity index (χ3v) is 2.30. The highest BCUT2D eigenvalue weighted by Gasteiger charge is 1.98. The van der Waals surface area contributed by atoms with Crippen LogP contribution in [0, 0.1) is 20.4 Å². The van der Waals surface area contributed by atoms with Gasteiger partial charge in [0.1, 0.15) is 0 Å². The van der Waals surface area contributed by atoms with E-state index in [4.69, 9.17) is 6.58 Å². The number of aryl methyl sites for hydroxylation is 2. The van der Waals surface area contributed by atoms with E-state index in [2.05, 4.69) is 32.0 Å². The molecule has 0 aliphatic rings.